The number of hydrogen-bond acceptors (Lipinski definition) is 6. The van der Waals surface area contributed by atoms with Gasteiger partial charge >= 0.3 is 5.97 Å². The summed E-state index contributed by atoms with van der Waals surface area (Å²) in [7, 11) is 0. The molecule has 142 valence electrons. The van der Waals surface area contributed by atoms with Crippen molar-refractivity contribution in [2.45, 2.75) is 12.8 Å². The van der Waals surface area contributed by atoms with E-state index in [1.54, 1.807) is 0 Å². The molecule has 1 fully saturated rings. The van der Waals surface area contributed by atoms with Crippen molar-refractivity contribution in [3.8, 4) is 5.75 Å². The van der Waals surface area contributed by atoms with Gasteiger partial charge in [0.05, 0.1) is 32.3 Å². The van der Waals surface area contributed by atoms with E-state index in [1.807, 2.05) is 30.3 Å². The molecule has 1 aromatic carbocycles. The van der Waals surface area contributed by atoms with Gasteiger partial charge in [-0.2, -0.15) is 4.89 Å². The molecule has 3 rings (SSSR count). The standard InChI is InChI=1S/C20H26O6/c21-20(19-15-16-6-7-17(19)14-16)26-25-13-11-23-9-8-22-10-12-24-18-4-2-1-3-5-18/h1-7,16-17,19H,8-15H2. The Hall–Kier alpha value is -1.89. The zero-order chi connectivity index (χ0) is 18.0. The summed E-state index contributed by atoms with van der Waals surface area (Å²) in [4.78, 5) is 21.7. The van der Waals surface area contributed by atoms with E-state index in [9.17, 15) is 4.79 Å². The van der Waals surface area contributed by atoms with Gasteiger partial charge in [-0.25, -0.2) is 4.79 Å². The Balaban J connectivity index is 1.10. The van der Waals surface area contributed by atoms with Crippen molar-refractivity contribution < 1.29 is 28.8 Å². The molecular weight excluding hydrogens is 336 g/mol. The van der Waals surface area contributed by atoms with Crippen LogP contribution in [0.4, 0.5) is 0 Å². The number of carbonyl (C=O) groups is 1. The fraction of sp³-hybridized carbons (Fsp3) is 0.550. The molecule has 0 saturated heterocycles. The van der Waals surface area contributed by atoms with E-state index in [0.717, 1.165) is 18.6 Å². The molecule has 0 aliphatic heterocycles. The molecule has 3 unspecified atom stereocenters. The molecule has 6 heteroatoms. The Morgan fingerprint density at radius 1 is 0.885 bits per heavy atom. The van der Waals surface area contributed by atoms with Gasteiger partial charge in [-0.05, 0) is 36.8 Å². The molecule has 0 heterocycles. The SMILES string of the molecule is O=C(OOCCOCCOCCOc1ccccc1)C1CC2C=CC1C2. The third kappa shape index (κ3) is 5.83. The average Bonchev–Trinajstić information content (AvgIpc) is 3.30. The highest BCUT2D eigenvalue weighted by Crippen LogP contribution is 2.43. The molecule has 2 aliphatic rings. The maximum absolute atomic E-state index is 11.9. The van der Waals surface area contributed by atoms with Crippen LogP contribution in [0, 0.1) is 17.8 Å². The molecule has 3 atom stereocenters. The number of allylic oxidation sites excluding steroid dienone is 2. The Morgan fingerprint density at radius 2 is 1.62 bits per heavy atom. The lowest BCUT2D eigenvalue weighted by atomic mass is 9.94. The smallest absolute Gasteiger partial charge is 0.346 e. The van der Waals surface area contributed by atoms with Crippen LogP contribution >= 0.6 is 0 Å². The lowest BCUT2D eigenvalue weighted by molar-refractivity contribution is -0.280. The number of para-hydroxylation sites is 1. The molecule has 1 saturated carbocycles. The van der Waals surface area contributed by atoms with Crippen molar-refractivity contribution in [2.75, 3.05) is 39.6 Å². The summed E-state index contributed by atoms with van der Waals surface area (Å²) in [6.07, 6.45) is 6.26. The quantitative estimate of drug-likeness (QED) is 0.247. The second-order valence-electron chi connectivity index (χ2n) is 6.50. The minimum absolute atomic E-state index is 0.0441. The van der Waals surface area contributed by atoms with E-state index in [2.05, 4.69) is 12.2 Å². The number of hydrogen-bond donors (Lipinski definition) is 0. The third-order valence-corrected chi connectivity index (χ3v) is 4.65. The summed E-state index contributed by atoms with van der Waals surface area (Å²) in [5.74, 6) is 1.40. The summed E-state index contributed by atoms with van der Waals surface area (Å²) < 4.78 is 16.3. The van der Waals surface area contributed by atoms with E-state index in [0.29, 0.717) is 44.9 Å². The predicted octanol–water partition coefficient (Wildman–Crippen LogP) is 2.79. The minimum Gasteiger partial charge on any atom is -0.491 e. The summed E-state index contributed by atoms with van der Waals surface area (Å²) in [6.45, 7) is 2.52. The Bertz CT molecular complexity index is 573. The normalized spacial score (nSPS) is 23.3. The second-order valence-corrected chi connectivity index (χ2v) is 6.50. The van der Waals surface area contributed by atoms with Crippen LogP contribution in [-0.4, -0.2) is 45.6 Å². The maximum Gasteiger partial charge on any atom is 0.346 e. The number of ether oxygens (including phenoxy) is 3. The predicted molar refractivity (Wildman–Crippen MR) is 94.5 cm³/mol. The second kappa shape index (κ2) is 10.3. The van der Waals surface area contributed by atoms with Gasteiger partial charge in [0, 0.05) is 0 Å². The summed E-state index contributed by atoms with van der Waals surface area (Å²) in [5, 5.41) is 0. The number of benzene rings is 1. The van der Waals surface area contributed by atoms with Crippen molar-refractivity contribution >= 4 is 5.97 Å². The first-order valence-electron chi connectivity index (χ1n) is 9.18. The fourth-order valence-electron chi connectivity index (χ4n) is 3.36. The fourth-order valence-corrected chi connectivity index (χ4v) is 3.36. The van der Waals surface area contributed by atoms with Crippen LogP contribution in [0.15, 0.2) is 42.5 Å². The van der Waals surface area contributed by atoms with Crippen LogP contribution in [0.2, 0.25) is 0 Å². The van der Waals surface area contributed by atoms with Crippen LogP contribution in [-0.2, 0) is 24.0 Å². The zero-order valence-corrected chi connectivity index (χ0v) is 14.9. The largest absolute Gasteiger partial charge is 0.491 e. The van der Waals surface area contributed by atoms with Crippen molar-refractivity contribution in [1.82, 2.24) is 0 Å². The van der Waals surface area contributed by atoms with Crippen molar-refractivity contribution in [2.24, 2.45) is 17.8 Å². The Morgan fingerprint density at radius 3 is 2.31 bits per heavy atom. The monoisotopic (exact) mass is 362 g/mol. The molecule has 0 N–H and O–H groups in total. The first-order valence-corrected chi connectivity index (χ1v) is 9.18. The molecule has 0 radical (unpaired) electrons. The topological polar surface area (TPSA) is 63.2 Å². The third-order valence-electron chi connectivity index (χ3n) is 4.65. The first-order chi connectivity index (χ1) is 12.8. The average molecular weight is 362 g/mol. The summed E-state index contributed by atoms with van der Waals surface area (Å²) in [6, 6.07) is 9.62. The molecule has 1 aromatic rings. The van der Waals surface area contributed by atoms with E-state index >= 15 is 0 Å². The Kier molecular flexibility index (Phi) is 7.49. The highest BCUT2D eigenvalue weighted by atomic mass is 17.2. The highest BCUT2D eigenvalue weighted by molar-refractivity contribution is 5.73. The Labute approximate surface area is 153 Å². The molecule has 0 aromatic heterocycles. The summed E-state index contributed by atoms with van der Waals surface area (Å²) in [5.41, 5.74) is 0. The van der Waals surface area contributed by atoms with Crippen molar-refractivity contribution in [3.63, 3.8) is 0 Å². The van der Waals surface area contributed by atoms with Crippen LogP contribution in [0.5, 0.6) is 5.75 Å². The molecule has 2 aliphatic carbocycles. The number of fused-ring (bicyclic) bond motifs is 2. The van der Waals surface area contributed by atoms with Crippen LogP contribution in [0.1, 0.15) is 12.8 Å². The highest BCUT2D eigenvalue weighted by Gasteiger charge is 2.41. The summed E-state index contributed by atoms with van der Waals surface area (Å²) >= 11 is 0. The van der Waals surface area contributed by atoms with Gasteiger partial charge in [-0.3, -0.25) is 4.89 Å². The van der Waals surface area contributed by atoms with Gasteiger partial charge in [0.2, 0.25) is 0 Å². The van der Waals surface area contributed by atoms with Gasteiger partial charge in [0.15, 0.2) is 0 Å². The van der Waals surface area contributed by atoms with E-state index in [1.165, 1.54) is 0 Å². The molecular formula is C20H26O6. The lowest BCUT2D eigenvalue weighted by Gasteiger charge is -2.15. The van der Waals surface area contributed by atoms with Crippen LogP contribution in [0.3, 0.4) is 0 Å². The van der Waals surface area contributed by atoms with Crippen LogP contribution < -0.4 is 4.74 Å². The van der Waals surface area contributed by atoms with Crippen molar-refractivity contribution in [1.29, 1.82) is 0 Å². The molecule has 26 heavy (non-hydrogen) atoms. The van der Waals surface area contributed by atoms with E-state index in [4.69, 9.17) is 24.0 Å². The van der Waals surface area contributed by atoms with E-state index in [-0.39, 0.29) is 18.5 Å². The van der Waals surface area contributed by atoms with Gasteiger partial charge in [0.25, 0.3) is 0 Å². The van der Waals surface area contributed by atoms with Gasteiger partial charge < -0.3 is 14.2 Å². The van der Waals surface area contributed by atoms with Gasteiger partial charge in [-0.15, -0.1) is 0 Å². The number of rotatable bonds is 12. The van der Waals surface area contributed by atoms with Crippen LogP contribution in [0.25, 0.3) is 0 Å². The zero-order valence-electron chi connectivity index (χ0n) is 14.9. The molecule has 6 nitrogen and oxygen atoms in total. The lowest BCUT2D eigenvalue weighted by Crippen LogP contribution is -2.22. The van der Waals surface area contributed by atoms with Gasteiger partial charge in [-0.1, -0.05) is 30.4 Å². The minimum atomic E-state index is -0.261. The maximum atomic E-state index is 11.9. The molecule has 2 bridgehead atoms. The van der Waals surface area contributed by atoms with E-state index < -0.39 is 0 Å². The van der Waals surface area contributed by atoms with Gasteiger partial charge in [0.1, 0.15) is 19.0 Å². The van der Waals surface area contributed by atoms with Crippen molar-refractivity contribution in [3.05, 3.63) is 42.5 Å². The first kappa shape index (κ1) is 18.9. The molecule has 0 amide bonds. The number of carbonyl (C=O) groups excluding carboxylic acids is 1. The molecule has 0 spiro atoms.